The SMILES string of the molecule is CC/C=C\C/C=C\C/C=C\C/C=C\C/C=C\CCCCCCCCOCC(COP(=O)([O-])OCC[N+](C)(C)C)OC(=O)CCCCCC. The number of quaternary nitrogens is 1. The second kappa shape index (κ2) is 32.4. The Bertz CT molecular complexity index is 952. The number of unbranched alkanes of at least 4 members (excludes halogenated alkanes) is 9. The first kappa shape index (κ1) is 46.2. The monoisotopic (exact) mass is 695 g/mol. The molecule has 0 spiro atoms. The van der Waals surface area contributed by atoms with E-state index >= 15 is 0 Å². The van der Waals surface area contributed by atoms with Gasteiger partial charge in [-0.15, -0.1) is 0 Å². The second-order valence-electron chi connectivity index (χ2n) is 13.2. The Kier molecular flexibility index (Phi) is 31.2. The molecule has 0 aromatic heterocycles. The van der Waals surface area contributed by atoms with Crippen molar-refractivity contribution in [2.24, 2.45) is 0 Å². The van der Waals surface area contributed by atoms with Crippen LogP contribution in [0.25, 0.3) is 0 Å². The van der Waals surface area contributed by atoms with Crippen LogP contribution in [-0.2, 0) is 27.9 Å². The average molecular weight is 696 g/mol. The Morgan fingerprint density at radius 2 is 1.21 bits per heavy atom. The van der Waals surface area contributed by atoms with E-state index in [2.05, 4.69) is 74.6 Å². The van der Waals surface area contributed by atoms with Gasteiger partial charge in [-0.25, -0.2) is 0 Å². The smallest absolute Gasteiger partial charge is 0.306 e. The van der Waals surface area contributed by atoms with Gasteiger partial charge in [0, 0.05) is 13.0 Å². The summed E-state index contributed by atoms with van der Waals surface area (Å²) < 4.78 is 34.1. The molecule has 2 unspecified atom stereocenters. The number of ether oxygens (including phenoxy) is 2. The fraction of sp³-hybridized carbons (Fsp3) is 0.718. The van der Waals surface area contributed by atoms with Crippen LogP contribution >= 0.6 is 7.82 Å². The standard InChI is InChI=1S/C39H70NO7P/c1-6-8-10-12-13-14-15-16-17-18-19-20-21-22-23-24-25-26-27-28-29-31-34-44-36-38(47-39(41)32-30-11-9-7-2)37-46-48(42,43)45-35-33-40(3,4)5/h8,10,13-14,16-17,19-20,22-23,38H,6-7,9,11-12,15,18,21,24-37H2,1-5H3/b10-8-,14-13-,17-16-,20-19-,23-22-. The van der Waals surface area contributed by atoms with Gasteiger partial charge in [-0.05, 0) is 57.8 Å². The van der Waals surface area contributed by atoms with Gasteiger partial charge in [-0.1, -0.05) is 120 Å². The zero-order chi connectivity index (χ0) is 35.6. The van der Waals surface area contributed by atoms with Crippen molar-refractivity contribution in [2.75, 3.05) is 54.1 Å². The first-order valence-corrected chi connectivity index (χ1v) is 20.0. The van der Waals surface area contributed by atoms with Crippen LogP contribution in [0.1, 0.15) is 123 Å². The number of likely N-dealkylation sites (N-methyl/N-ethyl adjacent to an activating group) is 1. The van der Waals surface area contributed by atoms with E-state index in [0.717, 1.165) is 83.5 Å². The minimum absolute atomic E-state index is 0.0199. The van der Waals surface area contributed by atoms with Crippen molar-refractivity contribution in [2.45, 2.75) is 129 Å². The highest BCUT2D eigenvalue weighted by atomic mass is 31.2. The Labute approximate surface area is 294 Å². The molecule has 8 nitrogen and oxygen atoms in total. The molecule has 0 saturated heterocycles. The summed E-state index contributed by atoms with van der Waals surface area (Å²) in [4.78, 5) is 24.6. The van der Waals surface area contributed by atoms with Gasteiger partial charge in [0.1, 0.15) is 19.3 Å². The molecule has 9 heteroatoms. The largest absolute Gasteiger partial charge is 0.756 e. The van der Waals surface area contributed by atoms with Crippen LogP contribution in [0.15, 0.2) is 60.8 Å². The van der Waals surface area contributed by atoms with E-state index in [0.29, 0.717) is 24.1 Å². The van der Waals surface area contributed by atoms with Crippen molar-refractivity contribution < 1.29 is 37.3 Å². The van der Waals surface area contributed by atoms with Crippen LogP contribution < -0.4 is 4.89 Å². The molecule has 0 aliphatic rings. The molecule has 0 saturated carbocycles. The van der Waals surface area contributed by atoms with Gasteiger partial charge in [-0.3, -0.25) is 9.36 Å². The molecule has 0 aliphatic carbocycles. The maximum atomic E-state index is 12.3. The molecule has 0 aromatic carbocycles. The fourth-order valence-electron chi connectivity index (χ4n) is 4.45. The Hall–Kier alpha value is -1.80. The van der Waals surface area contributed by atoms with Crippen LogP contribution in [0.5, 0.6) is 0 Å². The molecule has 0 heterocycles. The molecule has 0 N–H and O–H groups in total. The molecule has 0 radical (unpaired) electrons. The highest BCUT2D eigenvalue weighted by Crippen LogP contribution is 2.38. The molecule has 0 rings (SSSR count). The van der Waals surface area contributed by atoms with Gasteiger partial charge >= 0.3 is 5.97 Å². The summed E-state index contributed by atoms with van der Waals surface area (Å²) in [6, 6.07) is 0. The Morgan fingerprint density at radius 1 is 0.667 bits per heavy atom. The van der Waals surface area contributed by atoms with Crippen LogP contribution in [0.3, 0.4) is 0 Å². The number of phosphoric ester groups is 1. The highest BCUT2D eigenvalue weighted by molar-refractivity contribution is 7.45. The lowest BCUT2D eigenvalue weighted by Gasteiger charge is -2.28. The van der Waals surface area contributed by atoms with Gasteiger partial charge in [0.25, 0.3) is 7.82 Å². The number of esters is 1. The molecule has 0 fully saturated rings. The van der Waals surface area contributed by atoms with Crippen molar-refractivity contribution in [1.82, 2.24) is 0 Å². The summed E-state index contributed by atoms with van der Waals surface area (Å²) in [6.45, 7) is 5.10. The summed E-state index contributed by atoms with van der Waals surface area (Å²) in [5, 5.41) is 0. The van der Waals surface area contributed by atoms with Gasteiger partial charge in [-0.2, -0.15) is 0 Å². The molecule has 0 aromatic rings. The minimum atomic E-state index is -4.51. The zero-order valence-corrected chi connectivity index (χ0v) is 32.1. The lowest BCUT2D eigenvalue weighted by molar-refractivity contribution is -0.870. The summed E-state index contributed by atoms with van der Waals surface area (Å²) in [5.41, 5.74) is 0. The maximum Gasteiger partial charge on any atom is 0.306 e. The van der Waals surface area contributed by atoms with E-state index in [1.54, 1.807) is 0 Å². The number of nitrogens with zero attached hydrogens (tertiary/aromatic N) is 1. The van der Waals surface area contributed by atoms with Gasteiger partial charge < -0.3 is 27.9 Å². The first-order chi connectivity index (χ1) is 23.1. The van der Waals surface area contributed by atoms with E-state index in [9.17, 15) is 14.3 Å². The second-order valence-corrected chi connectivity index (χ2v) is 14.6. The third-order valence-corrected chi connectivity index (χ3v) is 8.30. The minimum Gasteiger partial charge on any atom is -0.756 e. The van der Waals surface area contributed by atoms with Crippen LogP contribution in [-0.4, -0.2) is 70.7 Å². The lowest BCUT2D eigenvalue weighted by atomic mass is 10.1. The van der Waals surface area contributed by atoms with Crippen LogP contribution in [0.4, 0.5) is 0 Å². The quantitative estimate of drug-likeness (QED) is 0.0222. The first-order valence-electron chi connectivity index (χ1n) is 18.5. The number of phosphoric acid groups is 1. The number of hydrogen-bond acceptors (Lipinski definition) is 7. The van der Waals surface area contributed by atoms with Crippen molar-refractivity contribution in [3.63, 3.8) is 0 Å². The van der Waals surface area contributed by atoms with Crippen LogP contribution in [0.2, 0.25) is 0 Å². The van der Waals surface area contributed by atoms with E-state index < -0.39 is 13.9 Å². The molecule has 48 heavy (non-hydrogen) atoms. The third kappa shape index (κ3) is 35.5. The van der Waals surface area contributed by atoms with Crippen molar-refractivity contribution in [3.8, 4) is 0 Å². The van der Waals surface area contributed by atoms with Gasteiger partial charge in [0.05, 0.1) is 34.4 Å². The third-order valence-electron chi connectivity index (χ3n) is 7.33. The van der Waals surface area contributed by atoms with Gasteiger partial charge in [0.15, 0.2) is 0 Å². The summed E-state index contributed by atoms with van der Waals surface area (Å²) >= 11 is 0. The normalized spacial score (nSPS) is 14.7. The van der Waals surface area contributed by atoms with E-state index in [4.69, 9.17) is 18.5 Å². The number of hydrogen-bond donors (Lipinski definition) is 0. The Morgan fingerprint density at radius 3 is 1.79 bits per heavy atom. The fourth-order valence-corrected chi connectivity index (χ4v) is 5.18. The average Bonchev–Trinajstić information content (AvgIpc) is 3.03. The molecule has 278 valence electrons. The molecular formula is C39H70NO7P. The molecule has 0 amide bonds. The van der Waals surface area contributed by atoms with Crippen molar-refractivity contribution in [3.05, 3.63) is 60.8 Å². The number of carbonyl (C=O) groups excluding carboxylic acids is 1. The summed E-state index contributed by atoms with van der Waals surface area (Å²) in [5.74, 6) is -0.362. The highest BCUT2D eigenvalue weighted by Gasteiger charge is 2.20. The predicted molar refractivity (Wildman–Crippen MR) is 199 cm³/mol. The number of rotatable bonds is 33. The van der Waals surface area contributed by atoms with Crippen LogP contribution in [0, 0.1) is 0 Å². The molecular weight excluding hydrogens is 625 g/mol. The Balaban J connectivity index is 4.08. The number of allylic oxidation sites excluding steroid dienone is 10. The van der Waals surface area contributed by atoms with E-state index in [-0.39, 0.29) is 25.8 Å². The summed E-state index contributed by atoms with van der Waals surface area (Å²) in [6.07, 6.45) is 38.6. The maximum absolute atomic E-state index is 12.3. The van der Waals surface area contributed by atoms with E-state index in [1.165, 1.54) is 19.3 Å². The molecule has 0 bridgehead atoms. The van der Waals surface area contributed by atoms with Crippen molar-refractivity contribution >= 4 is 13.8 Å². The number of carbonyl (C=O) groups is 1. The molecule has 0 aliphatic heterocycles. The summed E-state index contributed by atoms with van der Waals surface area (Å²) in [7, 11) is 1.33. The lowest BCUT2D eigenvalue weighted by Crippen LogP contribution is -2.37. The van der Waals surface area contributed by atoms with Gasteiger partial charge in [0.2, 0.25) is 0 Å². The molecule has 2 atom stereocenters. The van der Waals surface area contributed by atoms with E-state index in [1.807, 2.05) is 21.1 Å². The topological polar surface area (TPSA) is 94.1 Å². The van der Waals surface area contributed by atoms with Crippen molar-refractivity contribution in [1.29, 1.82) is 0 Å². The predicted octanol–water partition coefficient (Wildman–Crippen LogP) is 9.58. The zero-order valence-electron chi connectivity index (χ0n) is 31.2.